The monoisotopic (exact) mass is 322 g/mol. The van der Waals surface area contributed by atoms with E-state index in [9.17, 15) is 8.42 Å². The molecule has 3 rings (SSSR count). The summed E-state index contributed by atoms with van der Waals surface area (Å²) in [5, 5.41) is 3.72. The molecule has 0 fully saturated rings. The van der Waals surface area contributed by atoms with Crippen molar-refractivity contribution >= 4 is 10.0 Å². The van der Waals surface area contributed by atoms with Gasteiger partial charge in [0.15, 0.2) is 0 Å². The summed E-state index contributed by atoms with van der Waals surface area (Å²) in [6.07, 6.45) is 0.619. The Labute approximate surface area is 129 Å². The number of fused-ring (bicyclic) bond motifs is 1. The highest BCUT2D eigenvalue weighted by Gasteiger charge is 2.25. The zero-order valence-electron chi connectivity index (χ0n) is 12.5. The molecule has 22 heavy (non-hydrogen) atoms. The second kappa shape index (κ2) is 5.73. The van der Waals surface area contributed by atoms with E-state index in [0.717, 1.165) is 16.9 Å². The van der Waals surface area contributed by atoms with Crippen LogP contribution in [0.25, 0.3) is 0 Å². The molecule has 0 saturated heterocycles. The minimum atomic E-state index is -3.49. The molecule has 0 aliphatic carbocycles. The second-order valence-corrected chi connectivity index (χ2v) is 7.33. The summed E-state index contributed by atoms with van der Waals surface area (Å²) < 4.78 is 37.7. The zero-order chi connectivity index (χ0) is 15.7. The number of aromatic nitrogens is 1. The van der Waals surface area contributed by atoms with Crippen LogP contribution >= 0.6 is 0 Å². The van der Waals surface area contributed by atoms with Crippen LogP contribution in [-0.2, 0) is 22.2 Å². The van der Waals surface area contributed by atoms with Gasteiger partial charge in [-0.3, -0.25) is 0 Å². The van der Waals surface area contributed by atoms with Crippen molar-refractivity contribution in [2.75, 3.05) is 6.61 Å². The van der Waals surface area contributed by atoms with Crippen LogP contribution in [0.15, 0.2) is 28.8 Å². The average molecular weight is 322 g/mol. The Hall–Kier alpha value is -1.86. The van der Waals surface area contributed by atoms with Gasteiger partial charge < -0.3 is 9.26 Å². The van der Waals surface area contributed by atoms with Crippen molar-refractivity contribution < 1.29 is 17.7 Å². The fourth-order valence-corrected chi connectivity index (χ4v) is 3.91. The predicted octanol–water partition coefficient (Wildman–Crippen LogP) is 1.71. The van der Waals surface area contributed by atoms with Gasteiger partial charge in [0.1, 0.15) is 29.6 Å². The maximum Gasteiger partial charge on any atom is 0.217 e. The summed E-state index contributed by atoms with van der Waals surface area (Å²) in [7, 11) is -3.49. The maximum atomic E-state index is 12.2. The maximum absolute atomic E-state index is 12.2. The molecule has 1 aromatic heterocycles. The lowest BCUT2D eigenvalue weighted by molar-refractivity contribution is 0.252. The Balaban J connectivity index is 1.69. The van der Waals surface area contributed by atoms with Crippen molar-refractivity contribution in [1.82, 2.24) is 9.88 Å². The zero-order valence-corrected chi connectivity index (χ0v) is 13.3. The van der Waals surface area contributed by atoms with Gasteiger partial charge in [0.25, 0.3) is 0 Å². The van der Waals surface area contributed by atoms with Crippen molar-refractivity contribution in [2.24, 2.45) is 0 Å². The van der Waals surface area contributed by atoms with E-state index in [-0.39, 0.29) is 11.8 Å². The smallest absolute Gasteiger partial charge is 0.217 e. The van der Waals surface area contributed by atoms with Crippen molar-refractivity contribution in [3.05, 3.63) is 46.8 Å². The van der Waals surface area contributed by atoms with Crippen LogP contribution in [0.4, 0.5) is 0 Å². The normalized spacial score (nSPS) is 17.8. The van der Waals surface area contributed by atoms with E-state index in [1.807, 2.05) is 25.1 Å². The Bertz CT molecular complexity index is 783. The van der Waals surface area contributed by atoms with E-state index in [0.29, 0.717) is 24.5 Å². The number of aryl methyl sites for hydroxylation is 2. The largest absolute Gasteiger partial charge is 0.491 e. The lowest BCUT2D eigenvalue weighted by Crippen LogP contribution is -2.43. The van der Waals surface area contributed by atoms with Crippen LogP contribution in [0.2, 0.25) is 0 Å². The molecule has 7 heteroatoms. The van der Waals surface area contributed by atoms with Crippen LogP contribution in [0.5, 0.6) is 5.75 Å². The highest BCUT2D eigenvalue weighted by Crippen LogP contribution is 2.28. The molecule has 6 nitrogen and oxygen atoms in total. The number of benzene rings is 1. The molecule has 2 aromatic rings. The van der Waals surface area contributed by atoms with Gasteiger partial charge in [-0.25, -0.2) is 13.1 Å². The molecule has 0 radical (unpaired) electrons. The highest BCUT2D eigenvalue weighted by atomic mass is 32.2. The molecule has 0 amide bonds. The Morgan fingerprint density at radius 3 is 2.91 bits per heavy atom. The van der Waals surface area contributed by atoms with Crippen LogP contribution in [0.1, 0.15) is 22.6 Å². The lowest BCUT2D eigenvalue weighted by atomic mass is 10.0. The van der Waals surface area contributed by atoms with Gasteiger partial charge in [-0.2, -0.15) is 0 Å². The first kappa shape index (κ1) is 15.1. The number of sulfonamides is 1. The number of hydrogen-bond acceptors (Lipinski definition) is 5. The predicted molar refractivity (Wildman–Crippen MR) is 81.2 cm³/mol. The van der Waals surface area contributed by atoms with Crippen LogP contribution < -0.4 is 9.46 Å². The summed E-state index contributed by atoms with van der Waals surface area (Å²) in [5.74, 6) is 1.27. The Morgan fingerprint density at radius 2 is 2.18 bits per heavy atom. The van der Waals surface area contributed by atoms with E-state index in [1.54, 1.807) is 13.0 Å². The average Bonchev–Trinajstić information content (AvgIpc) is 2.82. The van der Waals surface area contributed by atoms with Crippen molar-refractivity contribution in [2.45, 2.75) is 32.1 Å². The number of rotatable bonds is 4. The van der Waals surface area contributed by atoms with Gasteiger partial charge in [0.05, 0.1) is 6.04 Å². The third-order valence-corrected chi connectivity index (χ3v) is 4.92. The number of nitrogens with zero attached hydrogens (tertiary/aromatic N) is 1. The first-order valence-corrected chi connectivity index (χ1v) is 8.72. The SMILES string of the molecule is Cc1cc(CS(=O)(=O)N[C@@H]2COc3c(C)cccc3C2)no1. The topological polar surface area (TPSA) is 81.4 Å². The molecule has 0 spiro atoms. The second-order valence-electron chi connectivity index (χ2n) is 5.58. The fraction of sp³-hybridized carbons (Fsp3) is 0.400. The summed E-state index contributed by atoms with van der Waals surface area (Å²) >= 11 is 0. The van der Waals surface area contributed by atoms with Crippen LogP contribution in [-0.4, -0.2) is 26.2 Å². The number of ether oxygens (including phenoxy) is 1. The summed E-state index contributed by atoms with van der Waals surface area (Å²) in [6, 6.07) is 7.24. The molecule has 0 unspecified atom stereocenters. The molecule has 1 aliphatic rings. The quantitative estimate of drug-likeness (QED) is 0.927. The summed E-state index contributed by atoms with van der Waals surface area (Å²) in [5.41, 5.74) is 2.49. The first-order valence-electron chi connectivity index (χ1n) is 7.06. The third kappa shape index (κ3) is 3.31. The number of hydrogen-bond donors (Lipinski definition) is 1. The van der Waals surface area contributed by atoms with Crippen LogP contribution in [0, 0.1) is 13.8 Å². The van der Waals surface area contributed by atoms with Crippen LogP contribution in [0.3, 0.4) is 0 Å². The molecule has 1 aromatic carbocycles. The van der Waals surface area contributed by atoms with Gasteiger partial charge >= 0.3 is 0 Å². The van der Waals surface area contributed by atoms with Crippen molar-refractivity contribution in [1.29, 1.82) is 0 Å². The first-order chi connectivity index (χ1) is 10.4. The van der Waals surface area contributed by atoms with E-state index < -0.39 is 10.0 Å². The van der Waals surface area contributed by atoms with Gasteiger partial charge in [-0.05, 0) is 31.4 Å². The van der Waals surface area contributed by atoms with Crippen molar-refractivity contribution in [3.8, 4) is 5.75 Å². The molecule has 1 aliphatic heterocycles. The van der Waals surface area contributed by atoms with Gasteiger partial charge in [0.2, 0.25) is 10.0 Å². The third-order valence-electron chi connectivity index (χ3n) is 3.55. The van der Waals surface area contributed by atoms with Gasteiger partial charge in [-0.1, -0.05) is 23.4 Å². The van der Waals surface area contributed by atoms with Crippen molar-refractivity contribution in [3.63, 3.8) is 0 Å². The molecular formula is C15H18N2O4S. The lowest BCUT2D eigenvalue weighted by Gasteiger charge is -2.26. The molecular weight excluding hydrogens is 304 g/mol. The molecule has 1 atom stereocenters. The van der Waals surface area contributed by atoms with Gasteiger partial charge in [0, 0.05) is 6.07 Å². The Morgan fingerprint density at radius 1 is 1.36 bits per heavy atom. The molecule has 0 saturated carbocycles. The summed E-state index contributed by atoms with van der Waals surface area (Å²) in [6.45, 7) is 4.04. The van der Waals surface area contributed by atoms with E-state index in [4.69, 9.17) is 9.26 Å². The molecule has 118 valence electrons. The summed E-state index contributed by atoms with van der Waals surface area (Å²) in [4.78, 5) is 0. The molecule has 1 N–H and O–H groups in total. The van der Waals surface area contributed by atoms with E-state index >= 15 is 0 Å². The minimum Gasteiger partial charge on any atom is -0.491 e. The minimum absolute atomic E-state index is 0.193. The van der Waals surface area contributed by atoms with E-state index in [1.165, 1.54) is 0 Å². The van der Waals surface area contributed by atoms with E-state index in [2.05, 4.69) is 9.88 Å². The number of para-hydroxylation sites is 1. The number of nitrogens with one attached hydrogen (secondary N) is 1. The highest BCUT2D eigenvalue weighted by molar-refractivity contribution is 7.88. The van der Waals surface area contributed by atoms with Gasteiger partial charge in [-0.15, -0.1) is 0 Å². The molecule has 0 bridgehead atoms. The standard InChI is InChI=1S/C15H18N2O4S/c1-10-4-3-5-12-7-13(8-20-15(10)12)17-22(18,19)9-14-6-11(2)21-16-14/h3-6,13,17H,7-9H2,1-2H3/t13-/m0/s1. The fourth-order valence-electron chi connectivity index (χ4n) is 2.64. The molecule has 2 heterocycles. The Kier molecular flexibility index (Phi) is 3.92.